The average Bonchev–Trinajstić information content (AvgIpc) is 2.70. The van der Waals surface area contributed by atoms with E-state index in [1.54, 1.807) is 18.4 Å². The van der Waals surface area contributed by atoms with Gasteiger partial charge in [0.2, 0.25) is 0 Å². The van der Waals surface area contributed by atoms with Gasteiger partial charge in [-0.2, -0.15) is 0 Å². The van der Waals surface area contributed by atoms with Crippen molar-refractivity contribution in [3.8, 4) is 0 Å². The minimum atomic E-state index is 0.0887. The third-order valence-corrected chi connectivity index (χ3v) is 4.02. The van der Waals surface area contributed by atoms with Crippen LogP contribution < -0.4 is 5.32 Å². The third-order valence-electron chi connectivity index (χ3n) is 2.87. The van der Waals surface area contributed by atoms with Crippen molar-refractivity contribution in [1.29, 1.82) is 0 Å². The molecule has 0 radical (unpaired) electrons. The van der Waals surface area contributed by atoms with E-state index < -0.39 is 0 Å². The predicted octanol–water partition coefficient (Wildman–Crippen LogP) is 3.65. The number of aromatic nitrogens is 1. The first-order chi connectivity index (χ1) is 8.43. The van der Waals surface area contributed by atoms with E-state index in [1.807, 2.05) is 7.05 Å². The molecule has 18 heavy (non-hydrogen) atoms. The van der Waals surface area contributed by atoms with Crippen molar-refractivity contribution in [3.05, 3.63) is 15.6 Å². The van der Waals surface area contributed by atoms with Crippen molar-refractivity contribution in [3.63, 3.8) is 0 Å². The Labute approximate surface area is 115 Å². The molecule has 1 rings (SSSR count). The minimum absolute atomic E-state index is 0.0887. The number of nitrogens with zero attached hydrogens (tertiary/aromatic N) is 1. The molecule has 0 aliphatic carbocycles. The first-order valence-corrected chi connectivity index (χ1v) is 7.43. The van der Waals surface area contributed by atoms with Crippen LogP contribution in [0.1, 0.15) is 62.2 Å². The minimum Gasteiger partial charge on any atom is -0.374 e. The molecule has 0 aliphatic rings. The molecule has 1 atom stereocenters. The number of hydrogen-bond donors (Lipinski definition) is 1. The average molecular weight is 270 g/mol. The lowest BCUT2D eigenvalue weighted by Crippen LogP contribution is -2.16. The quantitative estimate of drug-likeness (QED) is 0.857. The van der Waals surface area contributed by atoms with Crippen molar-refractivity contribution < 1.29 is 4.74 Å². The van der Waals surface area contributed by atoms with Gasteiger partial charge in [-0.3, -0.25) is 0 Å². The highest BCUT2D eigenvalue weighted by Crippen LogP contribution is 2.34. The van der Waals surface area contributed by atoms with E-state index in [-0.39, 0.29) is 11.5 Å². The highest BCUT2D eigenvalue weighted by atomic mass is 32.1. The summed E-state index contributed by atoms with van der Waals surface area (Å²) < 4.78 is 5.56. The van der Waals surface area contributed by atoms with Gasteiger partial charge < -0.3 is 10.1 Å². The molecule has 0 saturated carbocycles. The number of hydrogen-bond acceptors (Lipinski definition) is 4. The van der Waals surface area contributed by atoms with Gasteiger partial charge in [-0.15, -0.1) is 11.3 Å². The molecule has 3 nitrogen and oxygen atoms in total. The van der Waals surface area contributed by atoms with Gasteiger partial charge in [-0.25, -0.2) is 4.98 Å². The fourth-order valence-corrected chi connectivity index (χ4v) is 3.38. The Morgan fingerprint density at radius 2 is 2.06 bits per heavy atom. The van der Waals surface area contributed by atoms with Crippen LogP contribution in [-0.2, 0) is 16.7 Å². The zero-order valence-corrected chi connectivity index (χ0v) is 13.3. The molecule has 1 unspecified atom stereocenters. The zero-order valence-electron chi connectivity index (χ0n) is 12.5. The molecular weight excluding hydrogens is 244 g/mol. The molecule has 104 valence electrons. The second-order valence-electron chi connectivity index (χ2n) is 5.62. The lowest BCUT2D eigenvalue weighted by atomic mass is 9.91. The smallest absolute Gasteiger partial charge is 0.122 e. The third kappa shape index (κ3) is 3.77. The summed E-state index contributed by atoms with van der Waals surface area (Å²) >= 11 is 1.78. The van der Waals surface area contributed by atoms with Gasteiger partial charge in [-0.05, 0) is 13.5 Å². The molecule has 0 aromatic carbocycles. The summed E-state index contributed by atoms with van der Waals surface area (Å²) in [6.45, 7) is 9.71. The topological polar surface area (TPSA) is 34.1 Å². The summed E-state index contributed by atoms with van der Waals surface area (Å²) in [4.78, 5) is 6.18. The molecule has 1 aromatic heterocycles. The van der Waals surface area contributed by atoms with Crippen LogP contribution >= 0.6 is 11.3 Å². The van der Waals surface area contributed by atoms with Crippen molar-refractivity contribution in [2.45, 2.75) is 58.6 Å². The molecule has 4 heteroatoms. The molecule has 1 aromatic rings. The molecule has 0 bridgehead atoms. The van der Waals surface area contributed by atoms with Crippen LogP contribution in [-0.4, -0.2) is 19.1 Å². The summed E-state index contributed by atoms with van der Waals surface area (Å²) in [6.07, 6.45) is 2.29. The Balaban J connectivity index is 3.08. The molecular formula is C14H26N2OS. The molecule has 1 N–H and O–H groups in total. The zero-order chi connectivity index (χ0) is 13.8. The Kier molecular flexibility index (Phi) is 5.76. The summed E-state index contributed by atoms with van der Waals surface area (Å²) in [7, 11) is 3.75. The van der Waals surface area contributed by atoms with Crippen LogP contribution in [0.3, 0.4) is 0 Å². The summed E-state index contributed by atoms with van der Waals surface area (Å²) in [5.41, 5.74) is 1.29. The van der Waals surface area contributed by atoms with Crippen LogP contribution in [0.5, 0.6) is 0 Å². The Morgan fingerprint density at radius 1 is 1.39 bits per heavy atom. The highest BCUT2D eigenvalue weighted by Gasteiger charge is 2.25. The van der Waals surface area contributed by atoms with Gasteiger partial charge in [0.1, 0.15) is 11.1 Å². The lowest BCUT2D eigenvalue weighted by Gasteiger charge is -2.17. The van der Waals surface area contributed by atoms with Crippen molar-refractivity contribution in [1.82, 2.24) is 10.3 Å². The maximum atomic E-state index is 5.56. The first-order valence-electron chi connectivity index (χ1n) is 6.61. The van der Waals surface area contributed by atoms with Gasteiger partial charge >= 0.3 is 0 Å². The highest BCUT2D eigenvalue weighted by molar-refractivity contribution is 7.11. The molecule has 0 aliphatic heterocycles. The predicted molar refractivity (Wildman–Crippen MR) is 78.2 cm³/mol. The van der Waals surface area contributed by atoms with Gasteiger partial charge in [0, 0.05) is 23.9 Å². The molecule has 1 heterocycles. The fraction of sp³-hybridized carbons (Fsp3) is 0.786. The largest absolute Gasteiger partial charge is 0.374 e. The second-order valence-corrected chi connectivity index (χ2v) is 6.73. The maximum absolute atomic E-state index is 5.56. The van der Waals surface area contributed by atoms with E-state index >= 15 is 0 Å². The summed E-state index contributed by atoms with van der Waals surface area (Å²) in [6, 6.07) is 0. The second kappa shape index (κ2) is 6.64. The van der Waals surface area contributed by atoms with Crippen LogP contribution in [0, 0.1) is 0 Å². The number of methoxy groups -OCH3 is 1. The normalized spacial score (nSPS) is 13.9. The number of ether oxygens (including phenoxy) is 1. The Morgan fingerprint density at radius 3 is 2.50 bits per heavy atom. The standard InChI is InChI=1S/C14H26N2OS/c1-7-8-10(17-6)13-16-12(14(2,3)4)11(18-13)9-15-5/h10,15H,7-9H2,1-6H3. The number of nitrogens with one attached hydrogen (secondary N) is 1. The van der Waals surface area contributed by atoms with Crippen LogP contribution in [0.15, 0.2) is 0 Å². The van der Waals surface area contributed by atoms with E-state index in [0.29, 0.717) is 0 Å². The summed E-state index contributed by atoms with van der Waals surface area (Å²) in [5, 5.41) is 4.35. The molecule has 0 spiro atoms. The Bertz CT molecular complexity index is 368. The van der Waals surface area contributed by atoms with E-state index in [9.17, 15) is 0 Å². The summed E-state index contributed by atoms with van der Waals surface area (Å²) in [5.74, 6) is 0. The maximum Gasteiger partial charge on any atom is 0.122 e. The van der Waals surface area contributed by atoms with Gasteiger partial charge in [0.15, 0.2) is 0 Å². The molecule has 0 amide bonds. The SMILES string of the molecule is CCCC(OC)c1nc(C(C)(C)C)c(CNC)s1. The monoisotopic (exact) mass is 270 g/mol. The first kappa shape index (κ1) is 15.6. The van der Waals surface area contributed by atoms with E-state index in [2.05, 4.69) is 33.0 Å². The van der Waals surface area contributed by atoms with Gasteiger partial charge in [0.25, 0.3) is 0 Å². The van der Waals surface area contributed by atoms with E-state index in [1.165, 1.54) is 10.6 Å². The molecule has 0 fully saturated rings. The van der Waals surface area contributed by atoms with Crippen LogP contribution in [0.2, 0.25) is 0 Å². The van der Waals surface area contributed by atoms with Crippen molar-refractivity contribution in [2.75, 3.05) is 14.2 Å². The van der Waals surface area contributed by atoms with Crippen molar-refractivity contribution >= 4 is 11.3 Å². The number of thiazole rings is 1. The van der Waals surface area contributed by atoms with E-state index in [0.717, 1.165) is 24.4 Å². The van der Waals surface area contributed by atoms with Gasteiger partial charge in [-0.1, -0.05) is 34.1 Å². The fourth-order valence-electron chi connectivity index (χ4n) is 1.98. The van der Waals surface area contributed by atoms with Crippen molar-refractivity contribution in [2.24, 2.45) is 0 Å². The lowest BCUT2D eigenvalue weighted by molar-refractivity contribution is 0.0945. The van der Waals surface area contributed by atoms with Crippen LogP contribution in [0.25, 0.3) is 0 Å². The van der Waals surface area contributed by atoms with Crippen LogP contribution in [0.4, 0.5) is 0 Å². The Hall–Kier alpha value is -0.450. The molecule has 0 saturated heterocycles. The van der Waals surface area contributed by atoms with Gasteiger partial charge in [0.05, 0.1) is 5.69 Å². The van der Waals surface area contributed by atoms with E-state index in [4.69, 9.17) is 9.72 Å². The number of rotatable bonds is 6.